The summed E-state index contributed by atoms with van der Waals surface area (Å²) in [6, 6.07) is 13.9. The van der Waals surface area contributed by atoms with E-state index in [1.165, 1.54) is 0 Å². The zero-order valence-electron chi connectivity index (χ0n) is 19.8. The smallest absolute Gasteiger partial charge is 0.242 e. The lowest BCUT2D eigenvalue weighted by Crippen LogP contribution is -2.51. The number of rotatable bonds is 6. The number of amides is 2. The van der Waals surface area contributed by atoms with Crippen LogP contribution in [0.3, 0.4) is 0 Å². The van der Waals surface area contributed by atoms with Gasteiger partial charge in [0.25, 0.3) is 0 Å². The zero-order chi connectivity index (χ0) is 24.2. The van der Waals surface area contributed by atoms with Crippen LogP contribution in [0.15, 0.2) is 42.5 Å². The van der Waals surface area contributed by atoms with Crippen molar-refractivity contribution < 1.29 is 9.59 Å². The van der Waals surface area contributed by atoms with E-state index in [1.54, 1.807) is 4.57 Å². The van der Waals surface area contributed by atoms with E-state index in [1.807, 2.05) is 68.1 Å². The predicted octanol–water partition coefficient (Wildman–Crippen LogP) is 3.32. The maximum absolute atomic E-state index is 13.0. The number of hydrogen-bond donors (Lipinski definition) is 2. The highest BCUT2D eigenvalue weighted by Gasteiger charge is 2.24. The molecule has 0 aliphatic carbocycles. The third kappa shape index (κ3) is 5.43. The highest BCUT2D eigenvalue weighted by Crippen LogP contribution is 2.19. The van der Waals surface area contributed by atoms with Gasteiger partial charge in [-0.3, -0.25) is 24.2 Å². The molecule has 2 heterocycles. The van der Waals surface area contributed by atoms with E-state index < -0.39 is 0 Å². The molecule has 0 unspecified atom stereocenters. The lowest BCUT2D eigenvalue weighted by atomic mass is 10.1. The SMILES string of the molecule is Cc1ccc(-c2n[nH]c(=S)n2CC(=O)N2CCN(CC(=O)Nc3cccc(C)c3C)CC2)cc1. The number of aryl methyl sites for hydroxylation is 2. The minimum Gasteiger partial charge on any atom is -0.339 e. The van der Waals surface area contributed by atoms with Crippen molar-refractivity contribution >= 4 is 29.7 Å². The predicted molar refractivity (Wildman–Crippen MR) is 135 cm³/mol. The van der Waals surface area contributed by atoms with Crippen LogP contribution in [0.25, 0.3) is 11.4 Å². The number of carbonyl (C=O) groups excluding carboxylic acids is 2. The van der Waals surface area contributed by atoms with Crippen LogP contribution in [0, 0.1) is 25.5 Å². The number of aromatic amines is 1. The molecule has 1 aliphatic rings. The number of nitrogens with zero attached hydrogens (tertiary/aromatic N) is 4. The summed E-state index contributed by atoms with van der Waals surface area (Å²) in [5.41, 5.74) is 5.13. The van der Waals surface area contributed by atoms with E-state index in [-0.39, 0.29) is 18.4 Å². The average molecular weight is 479 g/mol. The van der Waals surface area contributed by atoms with Gasteiger partial charge in [-0.1, -0.05) is 42.0 Å². The van der Waals surface area contributed by atoms with Crippen molar-refractivity contribution in [1.82, 2.24) is 24.6 Å². The monoisotopic (exact) mass is 478 g/mol. The van der Waals surface area contributed by atoms with Gasteiger partial charge < -0.3 is 10.2 Å². The number of anilines is 1. The standard InChI is InChI=1S/C25H30N6O2S/c1-17-7-9-20(10-8-17)24-27-28-25(34)31(24)16-23(33)30-13-11-29(12-14-30)15-22(32)26-21-6-4-5-18(2)19(21)3/h4-10H,11-16H2,1-3H3,(H,26,32)(H,28,34). The molecule has 0 spiro atoms. The van der Waals surface area contributed by atoms with Gasteiger partial charge in [-0.25, -0.2) is 0 Å². The summed E-state index contributed by atoms with van der Waals surface area (Å²) in [4.78, 5) is 29.5. The molecule has 1 fully saturated rings. The maximum atomic E-state index is 13.0. The summed E-state index contributed by atoms with van der Waals surface area (Å²) in [6.45, 7) is 8.93. The Morgan fingerprint density at radius 3 is 2.41 bits per heavy atom. The van der Waals surface area contributed by atoms with Gasteiger partial charge in [-0.15, -0.1) is 0 Å². The number of H-pyrrole nitrogens is 1. The topological polar surface area (TPSA) is 86.3 Å². The second kappa shape index (κ2) is 10.3. The molecule has 9 heteroatoms. The molecule has 2 amide bonds. The molecule has 1 aliphatic heterocycles. The van der Waals surface area contributed by atoms with Crippen LogP contribution in [-0.4, -0.2) is 69.1 Å². The largest absolute Gasteiger partial charge is 0.339 e. The Balaban J connectivity index is 1.32. The van der Waals surface area contributed by atoms with Gasteiger partial charge in [-0.05, 0) is 50.2 Å². The summed E-state index contributed by atoms with van der Waals surface area (Å²) in [7, 11) is 0. The van der Waals surface area contributed by atoms with E-state index >= 15 is 0 Å². The van der Waals surface area contributed by atoms with Crippen LogP contribution in [0.4, 0.5) is 5.69 Å². The Morgan fingerprint density at radius 1 is 1.00 bits per heavy atom. The van der Waals surface area contributed by atoms with Gasteiger partial charge in [0.15, 0.2) is 10.6 Å². The molecule has 4 rings (SSSR count). The van der Waals surface area contributed by atoms with E-state index in [0.29, 0.717) is 43.3 Å². The molecule has 0 saturated carbocycles. The molecule has 1 aromatic heterocycles. The molecule has 8 nitrogen and oxygen atoms in total. The summed E-state index contributed by atoms with van der Waals surface area (Å²) in [5, 5.41) is 10.1. The quantitative estimate of drug-likeness (QED) is 0.531. The molecule has 1 saturated heterocycles. The van der Waals surface area contributed by atoms with Gasteiger partial charge in [-0.2, -0.15) is 5.10 Å². The first-order valence-electron chi connectivity index (χ1n) is 11.4. The van der Waals surface area contributed by atoms with Gasteiger partial charge in [0.2, 0.25) is 11.8 Å². The van der Waals surface area contributed by atoms with Crippen molar-refractivity contribution in [3.05, 3.63) is 63.9 Å². The second-order valence-corrected chi connectivity index (χ2v) is 9.14. The van der Waals surface area contributed by atoms with Gasteiger partial charge in [0.1, 0.15) is 6.54 Å². The Morgan fingerprint density at radius 2 is 1.71 bits per heavy atom. The normalized spacial score (nSPS) is 14.3. The second-order valence-electron chi connectivity index (χ2n) is 8.76. The number of carbonyl (C=O) groups is 2. The van der Waals surface area contributed by atoms with Crippen molar-refractivity contribution in [3.63, 3.8) is 0 Å². The number of aromatic nitrogens is 3. The number of nitrogens with one attached hydrogen (secondary N) is 2. The maximum Gasteiger partial charge on any atom is 0.242 e. The van der Waals surface area contributed by atoms with Crippen molar-refractivity contribution in [2.75, 3.05) is 38.0 Å². The molecular formula is C25H30N6O2S. The van der Waals surface area contributed by atoms with Crippen LogP contribution in [0.2, 0.25) is 0 Å². The van der Waals surface area contributed by atoms with Crippen LogP contribution < -0.4 is 5.32 Å². The summed E-state index contributed by atoms with van der Waals surface area (Å²) in [6.07, 6.45) is 0. The first-order valence-corrected chi connectivity index (χ1v) is 11.8. The molecule has 3 aromatic rings. The molecule has 2 N–H and O–H groups in total. The fourth-order valence-corrected chi connectivity index (χ4v) is 4.25. The van der Waals surface area contributed by atoms with Crippen molar-refractivity contribution in [2.24, 2.45) is 0 Å². The lowest BCUT2D eigenvalue weighted by molar-refractivity contribution is -0.133. The third-order valence-corrected chi connectivity index (χ3v) is 6.64. The van der Waals surface area contributed by atoms with E-state index in [0.717, 1.165) is 27.9 Å². The first kappa shape index (κ1) is 23.8. The number of piperazine rings is 1. The van der Waals surface area contributed by atoms with Crippen LogP contribution >= 0.6 is 12.2 Å². The Bertz CT molecular complexity index is 1240. The minimum atomic E-state index is -0.0408. The zero-order valence-corrected chi connectivity index (χ0v) is 20.6. The van der Waals surface area contributed by atoms with E-state index in [2.05, 4.69) is 20.4 Å². The minimum absolute atomic E-state index is 0.00894. The summed E-state index contributed by atoms with van der Waals surface area (Å²) >= 11 is 5.38. The van der Waals surface area contributed by atoms with E-state index in [4.69, 9.17) is 12.2 Å². The fourth-order valence-electron chi connectivity index (χ4n) is 4.06. The molecule has 178 valence electrons. The Kier molecular flexibility index (Phi) is 7.23. The molecule has 0 atom stereocenters. The van der Waals surface area contributed by atoms with Crippen LogP contribution in [-0.2, 0) is 16.1 Å². The molecular weight excluding hydrogens is 448 g/mol. The Labute approximate surface area is 204 Å². The lowest BCUT2D eigenvalue weighted by Gasteiger charge is -2.34. The number of benzene rings is 2. The average Bonchev–Trinajstić information content (AvgIpc) is 3.18. The van der Waals surface area contributed by atoms with Gasteiger partial charge >= 0.3 is 0 Å². The fraction of sp³-hybridized carbons (Fsp3) is 0.360. The van der Waals surface area contributed by atoms with E-state index in [9.17, 15) is 9.59 Å². The van der Waals surface area contributed by atoms with Crippen LogP contribution in [0.5, 0.6) is 0 Å². The van der Waals surface area contributed by atoms with Crippen molar-refractivity contribution in [2.45, 2.75) is 27.3 Å². The summed E-state index contributed by atoms with van der Waals surface area (Å²) in [5.74, 6) is 0.603. The number of hydrogen-bond acceptors (Lipinski definition) is 5. The van der Waals surface area contributed by atoms with Gasteiger partial charge in [0, 0.05) is 37.4 Å². The third-order valence-electron chi connectivity index (χ3n) is 6.33. The van der Waals surface area contributed by atoms with Crippen molar-refractivity contribution in [1.29, 1.82) is 0 Å². The van der Waals surface area contributed by atoms with Crippen molar-refractivity contribution in [3.8, 4) is 11.4 Å². The molecule has 0 bridgehead atoms. The highest BCUT2D eigenvalue weighted by molar-refractivity contribution is 7.71. The first-order chi connectivity index (χ1) is 16.3. The van der Waals surface area contributed by atoms with Gasteiger partial charge in [0.05, 0.1) is 6.54 Å². The van der Waals surface area contributed by atoms with Crippen LogP contribution in [0.1, 0.15) is 16.7 Å². The molecule has 0 radical (unpaired) electrons. The highest BCUT2D eigenvalue weighted by atomic mass is 32.1. The molecule has 34 heavy (non-hydrogen) atoms. The molecule has 2 aromatic carbocycles. The summed E-state index contributed by atoms with van der Waals surface area (Å²) < 4.78 is 2.16. The Hall–Kier alpha value is -3.30.